The van der Waals surface area contributed by atoms with Crippen LogP contribution < -0.4 is 0 Å². The number of benzene rings is 1. The zero-order chi connectivity index (χ0) is 17.4. The van der Waals surface area contributed by atoms with Crippen molar-refractivity contribution in [2.45, 2.75) is 24.8 Å². The molecule has 1 unspecified atom stereocenters. The normalized spacial score (nSPS) is 20.6. The highest BCUT2D eigenvalue weighted by atomic mass is 19.4. The Bertz CT molecular complexity index is 757. The highest BCUT2D eigenvalue weighted by Crippen LogP contribution is 2.38. The number of halogens is 4. The van der Waals surface area contributed by atoms with Crippen LogP contribution in [0.15, 0.2) is 47.8 Å². The summed E-state index contributed by atoms with van der Waals surface area (Å²) in [5.74, 6) is -3.84. The van der Waals surface area contributed by atoms with E-state index in [2.05, 4.69) is 15.0 Å². The van der Waals surface area contributed by atoms with E-state index in [1.165, 1.54) is 12.3 Å². The largest absolute Gasteiger partial charge is 0.458 e. The minimum atomic E-state index is -4.92. The van der Waals surface area contributed by atoms with Crippen LogP contribution in [0, 0.1) is 5.95 Å². The van der Waals surface area contributed by atoms with Crippen LogP contribution in [-0.4, -0.2) is 27.8 Å². The molecule has 0 bridgehead atoms. The second kappa shape index (κ2) is 5.86. The Balaban J connectivity index is 1.70. The van der Waals surface area contributed by atoms with Gasteiger partial charge >= 0.3 is 12.0 Å². The van der Waals surface area contributed by atoms with Crippen molar-refractivity contribution in [2.24, 2.45) is 5.16 Å². The molecule has 1 aromatic carbocycles. The number of aliphatic hydroxyl groups is 1. The summed E-state index contributed by atoms with van der Waals surface area (Å²) < 4.78 is 50.8. The number of pyridine rings is 1. The molecule has 0 amide bonds. The van der Waals surface area contributed by atoms with Gasteiger partial charge in [-0.25, -0.2) is 4.98 Å². The number of hydrogen-bond acceptors (Lipinski definition) is 4. The molecule has 1 N–H and O–H groups in total. The van der Waals surface area contributed by atoms with Crippen molar-refractivity contribution in [3.8, 4) is 0 Å². The van der Waals surface area contributed by atoms with Crippen LogP contribution >= 0.6 is 0 Å². The third-order valence-corrected chi connectivity index (χ3v) is 3.64. The Hall–Kier alpha value is -2.48. The van der Waals surface area contributed by atoms with E-state index in [1.54, 1.807) is 30.3 Å². The van der Waals surface area contributed by atoms with Crippen LogP contribution in [0.1, 0.15) is 23.1 Å². The van der Waals surface area contributed by atoms with Gasteiger partial charge in [0, 0.05) is 6.20 Å². The summed E-state index contributed by atoms with van der Waals surface area (Å²) in [7, 11) is 0. The second-order valence-corrected chi connectivity index (χ2v) is 5.45. The molecule has 1 aliphatic rings. The molecule has 3 rings (SSSR count). The Kier molecular flexibility index (Phi) is 4.00. The number of oxime groups is 1. The number of nitrogens with zero attached hydrogens (tertiary/aromatic N) is 2. The molecule has 0 saturated carbocycles. The molecular weight excluding hydrogens is 328 g/mol. The van der Waals surface area contributed by atoms with E-state index in [0.29, 0.717) is 12.0 Å². The molecule has 4 nitrogen and oxygen atoms in total. The highest BCUT2D eigenvalue weighted by Gasteiger charge is 2.60. The van der Waals surface area contributed by atoms with E-state index in [4.69, 9.17) is 0 Å². The molecule has 24 heavy (non-hydrogen) atoms. The average molecular weight is 340 g/mol. The van der Waals surface area contributed by atoms with Crippen LogP contribution in [0.2, 0.25) is 0 Å². The summed E-state index contributed by atoms with van der Waals surface area (Å²) in [6.07, 6.45) is -3.77. The van der Waals surface area contributed by atoms with Crippen molar-refractivity contribution in [1.29, 1.82) is 0 Å². The van der Waals surface area contributed by atoms with Crippen molar-refractivity contribution in [2.75, 3.05) is 0 Å². The Morgan fingerprint density at radius 3 is 2.29 bits per heavy atom. The molecule has 0 radical (unpaired) electrons. The lowest BCUT2D eigenvalue weighted by Gasteiger charge is -2.22. The smallest absolute Gasteiger partial charge is 0.350 e. The van der Waals surface area contributed by atoms with E-state index in [1.807, 2.05) is 0 Å². The summed E-state index contributed by atoms with van der Waals surface area (Å²) in [6, 6.07) is 9.48. The first-order chi connectivity index (χ1) is 11.3. The fraction of sp³-hybridized carbons (Fsp3) is 0.250. The SMILES string of the molecule is OC1(C(F)(F)F)CC(c2ccc(Cc3ccc(F)nc3)cc2)=NO1. The van der Waals surface area contributed by atoms with Crippen LogP contribution in [0.3, 0.4) is 0 Å². The fourth-order valence-corrected chi connectivity index (χ4v) is 2.29. The van der Waals surface area contributed by atoms with Crippen LogP contribution in [-0.2, 0) is 11.3 Å². The van der Waals surface area contributed by atoms with E-state index < -0.39 is 24.3 Å². The van der Waals surface area contributed by atoms with E-state index >= 15 is 0 Å². The first-order valence-corrected chi connectivity index (χ1v) is 7.01. The highest BCUT2D eigenvalue weighted by molar-refractivity contribution is 6.01. The summed E-state index contributed by atoms with van der Waals surface area (Å²) in [5.41, 5.74) is 2.12. The van der Waals surface area contributed by atoms with Crippen LogP contribution in [0.4, 0.5) is 17.6 Å². The fourth-order valence-electron chi connectivity index (χ4n) is 2.29. The van der Waals surface area contributed by atoms with Gasteiger partial charge in [0.15, 0.2) is 0 Å². The summed E-state index contributed by atoms with van der Waals surface area (Å²) in [6.45, 7) is 0. The van der Waals surface area contributed by atoms with Gasteiger partial charge in [-0.05, 0) is 29.2 Å². The van der Waals surface area contributed by atoms with Gasteiger partial charge in [0.2, 0.25) is 5.95 Å². The summed E-state index contributed by atoms with van der Waals surface area (Å²) in [4.78, 5) is 7.74. The predicted molar refractivity (Wildman–Crippen MR) is 76.7 cm³/mol. The van der Waals surface area contributed by atoms with E-state index in [-0.39, 0.29) is 5.71 Å². The van der Waals surface area contributed by atoms with E-state index in [9.17, 15) is 22.7 Å². The third kappa shape index (κ3) is 3.23. The minimum Gasteiger partial charge on any atom is -0.350 e. The van der Waals surface area contributed by atoms with Gasteiger partial charge in [0.05, 0.1) is 12.1 Å². The lowest BCUT2D eigenvalue weighted by Crippen LogP contribution is -2.45. The number of rotatable bonds is 3. The molecule has 0 saturated heterocycles. The Morgan fingerprint density at radius 1 is 1.08 bits per heavy atom. The quantitative estimate of drug-likeness (QED) is 0.690. The molecule has 0 spiro atoms. The Labute approximate surface area is 134 Å². The van der Waals surface area contributed by atoms with Gasteiger partial charge in [0.1, 0.15) is 0 Å². The zero-order valence-corrected chi connectivity index (χ0v) is 12.2. The maximum Gasteiger partial charge on any atom is 0.458 e. The van der Waals surface area contributed by atoms with Gasteiger partial charge < -0.3 is 9.94 Å². The van der Waals surface area contributed by atoms with Gasteiger partial charge in [0.25, 0.3) is 0 Å². The standard InChI is InChI=1S/C16H12F4N2O2/c17-14-6-3-11(9-21-14)7-10-1-4-12(5-2-10)13-8-15(23,24-22-13)16(18,19)20/h1-6,9,23H,7-8H2. The summed E-state index contributed by atoms with van der Waals surface area (Å²) >= 11 is 0. The molecule has 2 heterocycles. The maximum atomic E-state index is 12.8. The predicted octanol–water partition coefficient (Wildman–Crippen LogP) is 3.19. The zero-order valence-electron chi connectivity index (χ0n) is 12.2. The number of aromatic nitrogens is 1. The topological polar surface area (TPSA) is 54.7 Å². The van der Waals surface area contributed by atoms with Crippen LogP contribution in [0.25, 0.3) is 0 Å². The molecule has 8 heteroatoms. The van der Waals surface area contributed by atoms with Crippen LogP contribution in [0.5, 0.6) is 0 Å². The monoisotopic (exact) mass is 340 g/mol. The lowest BCUT2D eigenvalue weighted by atomic mass is 9.99. The first kappa shape index (κ1) is 16.4. The minimum absolute atomic E-state index is 0.0184. The maximum absolute atomic E-state index is 12.8. The molecule has 126 valence electrons. The van der Waals surface area contributed by atoms with Crippen molar-refractivity contribution in [3.63, 3.8) is 0 Å². The summed E-state index contributed by atoms with van der Waals surface area (Å²) in [5, 5.41) is 12.8. The van der Waals surface area contributed by atoms with E-state index in [0.717, 1.165) is 11.1 Å². The van der Waals surface area contributed by atoms with Gasteiger partial charge in [-0.1, -0.05) is 35.5 Å². The van der Waals surface area contributed by atoms with Gasteiger partial charge in [-0.3, -0.25) is 0 Å². The van der Waals surface area contributed by atoms with Gasteiger partial charge in [-0.2, -0.15) is 17.6 Å². The van der Waals surface area contributed by atoms with Crippen molar-refractivity contribution in [3.05, 3.63) is 65.2 Å². The average Bonchev–Trinajstić information content (AvgIpc) is 2.94. The van der Waals surface area contributed by atoms with Crippen molar-refractivity contribution in [1.82, 2.24) is 4.98 Å². The molecule has 1 aliphatic heterocycles. The number of hydrogen-bond donors (Lipinski definition) is 1. The second-order valence-electron chi connectivity index (χ2n) is 5.45. The molecule has 1 aromatic heterocycles. The molecule has 0 fully saturated rings. The molecule has 2 aromatic rings. The molecular formula is C16H12F4N2O2. The van der Waals surface area contributed by atoms with Crippen molar-refractivity contribution >= 4 is 5.71 Å². The number of alkyl halides is 3. The first-order valence-electron chi connectivity index (χ1n) is 7.01. The van der Waals surface area contributed by atoms with Crippen molar-refractivity contribution < 1.29 is 27.5 Å². The Morgan fingerprint density at radius 2 is 1.75 bits per heavy atom. The van der Waals surface area contributed by atoms with Gasteiger partial charge in [-0.15, -0.1) is 0 Å². The molecule has 0 aliphatic carbocycles. The molecule has 1 atom stereocenters. The lowest BCUT2D eigenvalue weighted by molar-refractivity contribution is -0.355. The third-order valence-electron chi connectivity index (χ3n) is 3.64.